The highest BCUT2D eigenvalue weighted by atomic mass is 32.2. The third-order valence-electron chi connectivity index (χ3n) is 2.77. The molecule has 0 aliphatic carbocycles. The van der Waals surface area contributed by atoms with Crippen LogP contribution < -0.4 is 0 Å². The number of hydrogen-bond acceptors (Lipinski definition) is 4. The molecular weight excluding hydrogens is 254 g/mol. The zero-order valence-corrected chi connectivity index (χ0v) is 11.1. The van der Waals surface area contributed by atoms with Gasteiger partial charge in [-0.05, 0) is 13.8 Å². The van der Waals surface area contributed by atoms with E-state index in [2.05, 4.69) is 13.8 Å². The van der Waals surface area contributed by atoms with E-state index in [1.54, 1.807) is 4.90 Å². The van der Waals surface area contributed by atoms with Gasteiger partial charge in [0.1, 0.15) is 6.26 Å². The van der Waals surface area contributed by atoms with Gasteiger partial charge in [-0.1, -0.05) is 0 Å². The molecule has 1 amide bonds. The summed E-state index contributed by atoms with van der Waals surface area (Å²) >= 11 is 1.83. The van der Waals surface area contributed by atoms with E-state index in [9.17, 15) is 9.59 Å². The van der Waals surface area contributed by atoms with Gasteiger partial charge in [0.25, 0.3) is 5.91 Å². The molecule has 0 spiro atoms. The topological polar surface area (TPSA) is 70.8 Å². The number of hydrogen-bond donors (Lipinski definition) is 1. The number of nitrogens with zero attached hydrogens (tertiary/aromatic N) is 1. The highest BCUT2D eigenvalue weighted by molar-refractivity contribution is 8.00. The maximum absolute atomic E-state index is 12.2. The van der Waals surface area contributed by atoms with Gasteiger partial charge in [-0.3, -0.25) is 4.79 Å². The van der Waals surface area contributed by atoms with Crippen LogP contribution in [0.2, 0.25) is 0 Å². The second-order valence-corrected chi connectivity index (χ2v) is 6.64. The monoisotopic (exact) mass is 269 g/mol. The van der Waals surface area contributed by atoms with Crippen molar-refractivity contribution in [1.29, 1.82) is 0 Å². The molecule has 2 heterocycles. The van der Waals surface area contributed by atoms with Crippen LogP contribution in [0.3, 0.4) is 0 Å². The Morgan fingerprint density at radius 2 is 2.22 bits per heavy atom. The minimum absolute atomic E-state index is 0.00370. The van der Waals surface area contributed by atoms with Gasteiger partial charge in [-0.25, -0.2) is 4.79 Å². The summed E-state index contributed by atoms with van der Waals surface area (Å²) in [5.74, 6) is -0.357. The molecule has 1 aliphatic rings. The number of thioether (sulfide) groups is 1. The number of carboxylic acids is 1. The normalized spacial score (nSPS) is 18.7. The number of furan rings is 1. The molecule has 0 radical (unpaired) electrons. The fourth-order valence-electron chi connectivity index (χ4n) is 1.91. The molecule has 98 valence electrons. The molecule has 1 N–H and O–H groups in total. The fourth-order valence-corrected chi connectivity index (χ4v) is 3.02. The summed E-state index contributed by atoms with van der Waals surface area (Å²) in [6, 6.07) is 1.28. The van der Waals surface area contributed by atoms with Crippen molar-refractivity contribution in [2.75, 3.05) is 18.8 Å². The summed E-state index contributed by atoms with van der Waals surface area (Å²) in [7, 11) is 0. The lowest BCUT2D eigenvalue weighted by atomic mass is 10.1. The summed E-state index contributed by atoms with van der Waals surface area (Å²) in [4.78, 5) is 24.6. The van der Waals surface area contributed by atoms with Crippen LogP contribution in [0.4, 0.5) is 0 Å². The van der Waals surface area contributed by atoms with Crippen molar-refractivity contribution in [3.63, 3.8) is 0 Å². The van der Waals surface area contributed by atoms with Gasteiger partial charge in [-0.15, -0.1) is 0 Å². The summed E-state index contributed by atoms with van der Waals surface area (Å²) in [5.41, 5.74) is 0.00370. The van der Waals surface area contributed by atoms with E-state index in [0.717, 1.165) is 12.0 Å². The van der Waals surface area contributed by atoms with Gasteiger partial charge in [0, 0.05) is 29.7 Å². The molecule has 1 aliphatic heterocycles. The Bertz CT molecular complexity index is 480. The van der Waals surface area contributed by atoms with Crippen molar-refractivity contribution >= 4 is 23.6 Å². The van der Waals surface area contributed by atoms with Crippen molar-refractivity contribution in [1.82, 2.24) is 4.90 Å². The Morgan fingerprint density at radius 3 is 2.78 bits per heavy atom. The predicted molar refractivity (Wildman–Crippen MR) is 68.1 cm³/mol. The van der Waals surface area contributed by atoms with Crippen LogP contribution in [0, 0.1) is 0 Å². The van der Waals surface area contributed by atoms with Crippen LogP contribution in [0.15, 0.2) is 16.7 Å². The molecule has 0 bridgehead atoms. The first-order chi connectivity index (χ1) is 8.39. The summed E-state index contributed by atoms with van der Waals surface area (Å²) in [6.45, 7) is 5.47. The van der Waals surface area contributed by atoms with Crippen molar-refractivity contribution < 1.29 is 19.1 Å². The average Bonchev–Trinajstić information content (AvgIpc) is 2.76. The number of amides is 1. The number of rotatable bonds is 2. The van der Waals surface area contributed by atoms with Crippen LogP contribution in [0.1, 0.15) is 34.8 Å². The van der Waals surface area contributed by atoms with E-state index < -0.39 is 5.97 Å². The summed E-state index contributed by atoms with van der Waals surface area (Å²) in [6.07, 6.45) is 1.10. The van der Waals surface area contributed by atoms with Gasteiger partial charge in [0.2, 0.25) is 0 Å². The number of carbonyl (C=O) groups is 2. The summed E-state index contributed by atoms with van der Waals surface area (Å²) in [5, 5.41) is 8.79. The lowest BCUT2D eigenvalue weighted by Gasteiger charge is -2.37. The first-order valence-electron chi connectivity index (χ1n) is 5.64. The van der Waals surface area contributed by atoms with Crippen LogP contribution in [0.25, 0.3) is 0 Å². The van der Waals surface area contributed by atoms with Crippen LogP contribution >= 0.6 is 11.8 Å². The molecule has 6 heteroatoms. The van der Waals surface area contributed by atoms with Gasteiger partial charge in [0.05, 0.1) is 5.56 Å². The van der Waals surface area contributed by atoms with Crippen molar-refractivity contribution in [3.05, 3.63) is 23.7 Å². The van der Waals surface area contributed by atoms with E-state index >= 15 is 0 Å². The Hall–Kier alpha value is -1.43. The van der Waals surface area contributed by atoms with Gasteiger partial charge < -0.3 is 14.4 Å². The molecule has 1 saturated heterocycles. The minimum atomic E-state index is -1.09. The number of carbonyl (C=O) groups excluding carboxylic acids is 1. The van der Waals surface area contributed by atoms with Crippen molar-refractivity contribution in [3.8, 4) is 0 Å². The van der Waals surface area contributed by atoms with E-state index in [0.29, 0.717) is 13.1 Å². The maximum atomic E-state index is 12.2. The lowest BCUT2D eigenvalue weighted by molar-refractivity contribution is 0.0693. The molecule has 1 fully saturated rings. The van der Waals surface area contributed by atoms with E-state index in [-0.39, 0.29) is 22.0 Å². The van der Waals surface area contributed by atoms with Gasteiger partial charge in [0.15, 0.2) is 5.76 Å². The second-order valence-electron chi connectivity index (χ2n) is 4.84. The van der Waals surface area contributed by atoms with Crippen LogP contribution in [0.5, 0.6) is 0 Å². The Balaban J connectivity index is 2.13. The SMILES string of the molecule is CC1(C)CN(C(=O)c2cc(C(=O)O)co2)CCS1. The predicted octanol–water partition coefficient (Wildman–Crippen LogP) is 1.95. The van der Waals surface area contributed by atoms with E-state index in [4.69, 9.17) is 9.52 Å². The molecule has 5 nitrogen and oxygen atoms in total. The first-order valence-corrected chi connectivity index (χ1v) is 6.63. The first kappa shape index (κ1) is 13.0. The smallest absolute Gasteiger partial charge is 0.338 e. The number of carboxylic acid groups (broad SMARTS) is 1. The quantitative estimate of drug-likeness (QED) is 0.888. The zero-order valence-electron chi connectivity index (χ0n) is 10.3. The molecular formula is C12H15NO4S. The minimum Gasteiger partial charge on any atom is -0.478 e. The van der Waals surface area contributed by atoms with Crippen molar-refractivity contribution in [2.45, 2.75) is 18.6 Å². The average molecular weight is 269 g/mol. The molecule has 2 rings (SSSR count). The maximum Gasteiger partial charge on any atom is 0.338 e. The Kier molecular flexibility index (Phi) is 3.38. The largest absolute Gasteiger partial charge is 0.478 e. The van der Waals surface area contributed by atoms with Gasteiger partial charge >= 0.3 is 5.97 Å². The Labute approximate surface area is 109 Å². The zero-order chi connectivity index (χ0) is 13.3. The number of aromatic carboxylic acids is 1. The molecule has 0 saturated carbocycles. The fraction of sp³-hybridized carbons (Fsp3) is 0.500. The van der Waals surface area contributed by atoms with Crippen LogP contribution in [-0.4, -0.2) is 45.5 Å². The molecule has 0 atom stereocenters. The van der Waals surface area contributed by atoms with Crippen LogP contribution in [-0.2, 0) is 0 Å². The third kappa shape index (κ3) is 2.69. The molecule has 0 aromatic carbocycles. The molecule has 1 aromatic rings. The molecule has 0 unspecified atom stereocenters. The molecule has 1 aromatic heterocycles. The highest BCUT2D eigenvalue weighted by Crippen LogP contribution is 2.30. The standard InChI is InChI=1S/C12H15NO4S/c1-12(2)7-13(3-4-18-12)10(14)9-5-8(6-17-9)11(15)16/h5-6H,3-4,7H2,1-2H3,(H,15,16). The van der Waals surface area contributed by atoms with Crippen molar-refractivity contribution in [2.24, 2.45) is 0 Å². The van der Waals surface area contributed by atoms with E-state index in [1.165, 1.54) is 6.07 Å². The van der Waals surface area contributed by atoms with E-state index in [1.807, 2.05) is 11.8 Å². The summed E-state index contributed by atoms with van der Waals surface area (Å²) < 4.78 is 5.05. The lowest BCUT2D eigenvalue weighted by Crippen LogP contribution is -2.46. The third-order valence-corrected chi connectivity index (χ3v) is 4.07. The van der Waals surface area contributed by atoms with Gasteiger partial charge in [-0.2, -0.15) is 11.8 Å². The Morgan fingerprint density at radius 1 is 1.50 bits per heavy atom. The highest BCUT2D eigenvalue weighted by Gasteiger charge is 2.31. The molecule has 18 heavy (non-hydrogen) atoms. The second kappa shape index (κ2) is 4.68.